The molecule has 0 saturated carbocycles. The SMILES string of the molecule is COc1cc(/C=N/NC(=O)C(C)Oc2cccc(Cl)c2)ccc1OC(=O)c1ccccc1Cl. The maximum atomic E-state index is 12.4. The highest BCUT2D eigenvalue weighted by Gasteiger charge is 2.16. The molecule has 170 valence electrons. The van der Waals surface area contributed by atoms with Gasteiger partial charge in [-0.2, -0.15) is 5.10 Å². The summed E-state index contributed by atoms with van der Waals surface area (Å²) in [5, 5.41) is 4.73. The molecule has 0 fully saturated rings. The Morgan fingerprint density at radius 1 is 1.00 bits per heavy atom. The molecule has 0 saturated heterocycles. The van der Waals surface area contributed by atoms with Crippen molar-refractivity contribution in [3.63, 3.8) is 0 Å². The van der Waals surface area contributed by atoms with Crippen molar-refractivity contribution in [3.05, 3.63) is 87.9 Å². The molecular formula is C24H20Cl2N2O5. The highest BCUT2D eigenvalue weighted by molar-refractivity contribution is 6.33. The molecule has 1 N–H and O–H groups in total. The van der Waals surface area contributed by atoms with Crippen LogP contribution in [0.5, 0.6) is 17.2 Å². The minimum atomic E-state index is -0.790. The number of benzene rings is 3. The van der Waals surface area contributed by atoms with Crippen molar-refractivity contribution in [3.8, 4) is 17.2 Å². The summed E-state index contributed by atoms with van der Waals surface area (Å²) in [6, 6.07) is 18.1. The van der Waals surface area contributed by atoms with E-state index in [0.717, 1.165) is 0 Å². The van der Waals surface area contributed by atoms with Gasteiger partial charge in [0.1, 0.15) is 5.75 Å². The zero-order valence-electron chi connectivity index (χ0n) is 17.7. The van der Waals surface area contributed by atoms with Crippen LogP contribution >= 0.6 is 23.2 Å². The number of carbonyl (C=O) groups excluding carboxylic acids is 2. The Balaban J connectivity index is 1.61. The number of carbonyl (C=O) groups is 2. The fourth-order valence-corrected chi connectivity index (χ4v) is 3.08. The van der Waals surface area contributed by atoms with Crippen molar-refractivity contribution in [1.82, 2.24) is 5.43 Å². The minimum Gasteiger partial charge on any atom is -0.493 e. The van der Waals surface area contributed by atoms with Crippen LogP contribution < -0.4 is 19.6 Å². The predicted octanol–water partition coefficient (Wildman–Crippen LogP) is 5.14. The summed E-state index contributed by atoms with van der Waals surface area (Å²) in [7, 11) is 1.44. The number of nitrogens with zero attached hydrogens (tertiary/aromatic N) is 1. The van der Waals surface area contributed by atoms with Gasteiger partial charge in [-0.1, -0.05) is 41.4 Å². The van der Waals surface area contributed by atoms with Gasteiger partial charge >= 0.3 is 5.97 Å². The molecule has 9 heteroatoms. The molecule has 1 amide bonds. The number of halogens is 2. The number of rotatable bonds is 8. The Morgan fingerprint density at radius 3 is 2.52 bits per heavy atom. The summed E-state index contributed by atoms with van der Waals surface area (Å²) >= 11 is 12.0. The maximum absolute atomic E-state index is 12.4. The number of nitrogens with one attached hydrogen (secondary N) is 1. The van der Waals surface area contributed by atoms with Gasteiger partial charge in [0, 0.05) is 5.02 Å². The van der Waals surface area contributed by atoms with Crippen molar-refractivity contribution in [2.45, 2.75) is 13.0 Å². The third-order valence-electron chi connectivity index (χ3n) is 4.35. The van der Waals surface area contributed by atoms with Crippen molar-refractivity contribution >= 4 is 41.3 Å². The van der Waals surface area contributed by atoms with Gasteiger partial charge < -0.3 is 14.2 Å². The molecule has 1 atom stereocenters. The molecule has 33 heavy (non-hydrogen) atoms. The fourth-order valence-electron chi connectivity index (χ4n) is 2.69. The lowest BCUT2D eigenvalue weighted by molar-refractivity contribution is -0.127. The first-order chi connectivity index (χ1) is 15.9. The first-order valence-corrected chi connectivity index (χ1v) is 10.5. The maximum Gasteiger partial charge on any atom is 0.345 e. The van der Waals surface area contributed by atoms with E-state index in [4.69, 9.17) is 37.4 Å². The van der Waals surface area contributed by atoms with Gasteiger partial charge in [0.2, 0.25) is 0 Å². The predicted molar refractivity (Wildman–Crippen MR) is 127 cm³/mol. The number of ether oxygens (including phenoxy) is 3. The lowest BCUT2D eigenvalue weighted by atomic mass is 10.2. The largest absolute Gasteiger partial charge is 0.493 e. The van der Waals surface area contributed by atoms with Crippen molar-refractivity contribution < 1.29 is 23.8 Å². The number of esters is 1. The summed E-state index contributed by atoms with van der Waals surface area (Å²) in [6.07, 6.45) is 0.633. The van der Waals surface area contributed by atoms with E-state index >= 15 is 0 Å². The van der Waals surface area contributed by atoms with Crippen LogP contribution in [0, 0.1) is 0 Å². The number of methoxy groups -OCH3 is 1. The smallest absolute Gasteiger partial charge is 0.345 e. The number of amides is 1. The molecule has 3 aromatic carbocycles. The highest BCUT2D eigenvalue weighted by Crippen LogP contribution is 2.29. The molecular weight excluding hydrogens is 467 g/mol. The number of hydrogen-bond donors (Lipinski definition) is 1. The van der Waals surface area contributed by atoms with E-state index in [1.165, 1.54) is 13.3 Å². The zero-order valence-corrected chi connectivity index (χ0v) is 19.3. The minimum absolute atomic E-state index is 0.215. The summed E-state index contributed by atoms with van der Waals surface area (Å²) in [6.45, 7) is 1.59. The molecule has 0 aliphatic heterocycles. The van der Waals surface area contributed by atoms with Gasteiger partial charge in [-0.05, 0) is 61.0 Å². The topological polar surface area (TPSA) is 86.2 Å². The van der Waals surface area contributed by atoms with Gasteiger partial charge in [0.25, 0.3) is 5.91 Å². The first-order valence-electron chi connectivity index (χ1n) is 9.77. The lowest BCUT2D eigenvalue weighted by Crippen LogP contribution is -2.33. The molecule has 0 aliphatic carbocycles. The van der Waals surface area contributed by atoms with E-state index in [0.29, 0.717) is 22.1 Å². The Labute approximate surface area is 200 Å². The third-order valence-corrected chi connectivity index (χ3v) is 4.92. The molecule has 0 aromatic heterocycles. The van der Waals surface area contributed by atoms with E-state index in [-0.39, 0.29) is 16.3 Å². The fraction of sp³-hybridized carbons (Fsp3) is 0.125. The summed E-state index contributed by atoms with van der Waals surface area (Å²) in [4.78, 5) is 24.6. The van der Waals surface area contributed by atoms with E-state index in [1.54, 1.807) is 73.7 Å². The molecule has 3 aromatic rings. The van der Waals surface area contributed by atoms with Gasteiger partial charge in [-0.25, -0.2) is 10.2 Å². The monoisotopic (exact) mass is 486 g/mol. The second-order valence-electron chi connectivity index (χ2n) is 6.73. The van der Waals surface area contributed by atoms with Crippen LogP contribution in [0.3, 0.4) is 0 Å². The van der Waals surface area contributed by atoms with Crippen LogP contribution in [-0.2, 0) is 4.79 Å². The molecule has 0 bridgehead atoms. The number of hydrazone groups is 1. The highest BCUT2D eigenvalue weighted by atomic mass is 35.5. The molecule has 3 rings (SSSR count). The van der Waals surface area contributed by atoms with Crippen LogP contribution in [0.25, 0.3) is 0 Å². The van der Waals surface area contributed by atoms with Gasteiger partial charge in [-0.15, -0.1) is 0 Å². The average molecular weight is 487 g/mol. The van der Waals surface area contributed by atoms with Crippen LogP contribution in [0.2, 0.25) is 10.0 Å². The van der Waals surface area contributed by atoms with E-state index in [9.17, 15) is 9.59 Å². The van der Waals surface area contributed by atoms with Crippen molar-refractivity contribution in [2.75, 3.05) is 7.11 Å². The number of hydrogen-bond acceptors (Lipinski definition) is 6. The summed E-state index contributed by atoms with van der Waals surface area (Å²) < 4.78 is 16.3. The standard InChI is InChI=1S/C24H20Cl2N2O5/c1-15(32-18-7-5-6-17(25)13-18)23(29)28-27-14-16-10-11-21(22(12-16)31-2)33-24(30)19-8-3-4-9-20(19)26/h3-15H,1-2H3,(H,28,29)/b27-14+. The van der Waals surface area contributed by atoms with Gasteiger partial charge in [-0.3, -0.25) is 4.79 Å². The molecule has 0 aliphatic rings. The quantitative estimate of drug-likeness (QED) is 0.206. The second-order valence-corrected chi connectivity index (χ2v) is 7.58. The van der Waals surface area contributed by atoms with Gasteiger partial charge in [0.15, 0.2) is 17.6 Å². The van der Waals surface area contributed by atoms with Crippen LogP contribution in [0.1, 0.15) is 22.8 Å². The molecule has 0 heterocycles. The van der Waals surface area contributed by atoms with E-state index in [2.05, 4.69) is 10.5 Å². The normalized spacial score (nSPS) is 11.6. The Morgan fingerprint density at radius 2 is 1.79 bits per heavy atom. The van der Waals surface area contributed by atoms with Crippen molar-refractivity contribution in [2.24, 2.45) is 5.10 Å². The average Bonchev–Trinajstić information content (AvgIpc) is 2.80. The van der Waals surface area contributed by atoms with Crippen LogP contribution in [0.4, 0.5) is 0 Å². The zero-order chi connectivity index (χ0) is 23.8. The van der Waals surface area contributed by atoms with Crippen LogP contribution in [-0.4, -0.2) is 31.3 Å². The Hall–Kier alpha value is -3.55. The lowest BCUT2D eigenvalue weighted by Gasteiger charge is -2.13. The third kappa shape index (κ3) is 6.71. The molecule has 0 radical (unpaired) electrons. The van der Waals surface area contributed by atoms with E-state index < -0.39 is 18.0 Å². The van der Waals surface area contributed by atoms with Crippen LogP contribution in [0.15, 0.2) is 71.8 Å². The molecule has 1 unspecified atom stereocenters. The molecule has 0 spiro atoms. The summed E-state index contributed by atoms with van der Waals surface area (Å²) in [5.41, 5.74) is 3.25. The van der Waals surface area contributed by atoms with Gasteiger partial charge in [0.05, 0.1) is 23.9 Å². The van der Waals surface area contributed by atoms with Crippen molar-refractivity contribution in [1.29, 1.82) is 0 Å². The summed E-state index contributed by atoms with van der Waals surface area (Å²) in [5.74, 6) is -0.0546. The van der Waals surface area contributed by atoms with E-state index in [1.807, 2.05) is 0 Å². The Bertz CT molecular complexity index is 1180. The molecule has 7 nitrogen and oxygen atoms in total. The Kier molecular flexibility index (Phi) is 8.29. The second kappa shape index (κ2) is 11.4. The first kappa shape index (κ1) is 24.1.